The fraction of sp³-hybridized carbons (Fsp3) is 0.333. The van der Waals surface area contributed by atoms with Crippen LogP contribution in [0.1, 0.15) is 25.8 Å². The third kappa shape index (κ3) is 1.65. The molecule has 3 heteroatoms. The summed E-state index contributed by atoms with van der Waals surface area (Å²) in [6.07, 6.45) is 0.780. The molecule has 0 spiro atoms. The van der Waals surface area contributed by atoms with E-state index in [1.54, 1.807) is 0 Å². The van der Waals surface area contributed by atoms with E-state index in [1.165, 1.54) is 0 Å². The first-order chi connectivity index (χ1) is 7.15. The lowest BCUT2D eigenvalue weighted by atomic mass is 10.0. The van der Waals surface area contributed by atoms with E-state index in [9.17, 15) is 0 Å². The Morgan fingerprint density at radius 2 is 2.00 bits per heavy atom. The molecule has 1 aliphatic rings. The molecule has 0 saturated carbocycles. The highest BCUT2D eigenvalue weighted by molar-refractivity contribution is 6.08. The van der Waals surface area contributed by atoms with Crippen LogP contribution in [0.5, 0.6) is 0 Å². The molecule has 1 N–H and O–H groups in total. The van der Waals surface area contributed by atoms with E-state index in [-0.39, 0.29) is 5.90 Å². The van der Waals surface area contributed by atoms with Gasteiger partial charge in [-0.15, -0.1) is 0 Å². The fourth-order valence-corrected chi connectivity index (χ4v) is 1.45. The van der Waals surface area contributed by atoms with Crippen molar-refractivity contribution in [2.24, 2.45) is 4.99 Å². The first-order valence-electron chi connectivity index (χ1n) is 5.08. The van der Waals surface area contributed by atoms with Gasteiger partial charge in [0.25, 0.3) is 0 Å². The van der Waals surface area contributed by atoms with Crippen molar-refractivity contribution in [3.63, 3.8) is 0 Å². The summed E-state index contributed by atoms with van der Waals surface area (Å²) in [7, 11) is 0. The molecule has 2 rings (SSSR count). The van der Waals surface area contributed by atoms with Crippen LogP contribution in [-0.4, -0.2) is 17.3 Å². The molecule has 0 aliphatic carbocycles. The summed E-state index contributed by atoms with van der Waals surface area (Å²) in [5.74, 6) is 0.800. The van der Waals surface area contributed by atoms with Crippen LogP contribution in [0, 0.1) is 5.41 Å². The van der Waals surface area contributed by atoms with E-state index in [1.807, 2.05) is 44.2 Å². The quantitative estimate of drug-likeness (QED) is 0.787. The van der Waals surface area contributed by atoms with E-state index in [0.717, 1.165) is 12.0 Å². The van der Waals surface area contributed by atoms with Gasteiger partial charge < -0.3 is 4.74 Å². The van der Waals surface area contributed by atoms with Crippen molar-refractivity contribution >= 4 is 11.8 Å². The lowest BCUT2D eigenvalue weighted by Crippen LogP contribution is -2.28. The fourth-order valence-electron chi connectivity index (χ4n) is 1.45. The van der Waals surface area contributed by atoms with Crippen molar-refractivity contribution in [2.75, 3.05) is 0 Å². The minimum atomic E-state index is -0.481. The van der Waals surface area contributed by atoms with Gasteiger partial charge in [-0.2, -0.15) is 0 Å². The maximum atomic E-state index is 7.75. The Labute approximate surface area is 89.3 Å². The van der Waals surface area contributed by atoms with Crippen LogP contribution >= 0.6 is 0 Å². The SMILES string of the molecule is CCC1(C)N=C(c2ccccc2)OC1=N. The van der Waals surface area contributed by atoms with Crippen molar-refractivity contribution in [2.45, 2.75) is 25.8 Å². The number of hydrogen-bond acceptors (Lipinski definition) is 3. The van der Waals surface area contributed by atoms with Gasteiger partial charge in [0.05, 0.1) is 0 Å². The second-order valence-electron chi connectivity index (χ2n) is 3.84. The van der Waals surface area contributed by atoms with Crippen LogP contribution in [0.25, 0.3) is 0 Å². The Balaban J connectivity index is 2.35. The third-order valence-electron chi connectivity index (χ3n) is 2.75. The predicted molar refractivity (Wildman–Crippen MR) is 60.5 cm³/mol. The second kappa shape index (κ2) is 3.50. The van der Waals surface area contributed by atoms with Crippen LogP contribution in [-0.2, 0) is 4.74 Å². The number of benzene rings is 1. The topological polar surface area (TPSA) is 45.4 Å². The van der Waals surface area contributed by atoms with Gasteiger partial charge >= 0.3 is 0 Å². The molecule has 0 fully saturated rings. The highest BCUT2D eigenvalue weighted by Gasteiger charge is 2.36. The summed E-state index contributed by atoms with van der Waals surface area (Å²) in [5, 5.41) is 7.75. The van der Waals surface area contributed by atoms with E-state index in [0.29, 0.717) is 5.90 Å². The minimum absolute atomic E-state index is 0.240. The zero-order chi connectivity index (χ0) is 10.9. The molecular weight excluding hydrogens is 188 g/mol. The summed E-state index contributed by atoms with van der Waals surface area (Å²) in [5.41, 5.74) is 0.449. The van der Waals surface area contributed by atoms with Crippen molar-refractivity contribution in [1.82, 2.24) is 0 Å². The van der Waals surface area contributed by atoms with Crippen LogP contribution in [0.4, 0.5) is 0 Å². The average molecular weight is 202 g/mol. The van der Waals surface area contributed by atoms with Gasteiger partial charge in [-0.05, 0) is 25.5 Å². The molecule has 0 bridgehead atoms. The maximum Gasteiger partial charge on any atom is 0.224 e. The van der Waals surface area contributed by atoms with Crippen molar-refractivity contribution < 1.29 is 4.74 Å². The highest BCUT2D eigenvalue weighted by Crippen LogP contribution is 2.25. The molecule has 1 atom stereocenters. The molecule has 1 aromatic rings. The van der Waals surface area contributed by atoms with Gasteiger partial charge in [0.1, 0.15) is 5.54 Å². The number of aliphatic imine (C=N–C) groups is 1. The summed E-state index contributed by atoms with van der Waals surface area (Å²) in [4.78, 5) is 4.46. The summed E-state index contributed by atoms with van der Waals surface area (Å²) in [6.45, 7) is 3.93. The maximum absolute atomic E-state index is 7.75. The van der Waals surface area contributed by atoms with Crippen LogP contribution in [0.15, 0.2) is 35.3 Å². The molecule has 78 valence electrons. The molecule has 1 unspecified atom stereocenters. The number of rotatable bonds is 2. The van der Waals surface area contributed by atoms with Crippen molar-refractivity contribution in [1.29, 1.82) is 5.41 Å². The summed E-state index contributed by atoms with van der Waals surface area (Å²) in [6, 6.07) is 9.70. The molecule has 1 aromatic carbocycles. The first-order valence-corrected chi connectivity index (χ1v) is 5.08. The molecule has 0 amide bonds. The van der Waals surface area contributed by atoms with Crippen molar-refractivity contribution in [3.05, 3.63) is 35.9 Å². The molecule has 1 aliphatic heterocycles. The minimum Gasteiger partial charge on any atom is -0.422 e. The average Bonchev–Trinajstić information content (AvgIpc) is 2.58. The zero-order valence-electron chi connectivity index (χ0n) is 8.95. The Hall–Kier alpha value is -1.64. The van der Waals surface area contributed by atoms with Crippen LogP contribution in [0.3, 0.4) is 0 Å². The first kappa shape index (κ1) is 9.90. The predicted octanol–water partition coefficient (Wildman–Crippen LogP) is 2.61. The van der Waals surface area contributed by atoms with Gasteiger partial charge in [-0.25, -0.2) is 4.99 Å². The van der Waals surface area contributed by atoms with Crippen LogP contribution in [0.2, 0.25) is 0 Å². The standard InChI is InChI=1S/C12H14N2O/c1-3-12(2)11(13)15-10(14-12)9-7-5-4-6-8-9/h4-8,13H,3H2,1-2H3. The van der Waals surface area contributed by atoms with Gasteiger partial charge in [-0.3, -0.25) is 5.41 Å². The van der Waals surface area contributed by atoms with E-state index < -0.39 is 5.54 Å². The third-order valence-corrected chi connectivity index (χ3v) is 2.75. The van der Waals surface area contributed by atoms with Crippen LogP contribution < -0.4 is 0 Å². The molecule has 0 saturated heterocycles. The smallest absolute Gasteiger partial charge is 0.224 e. The Morgan fingerprint density at radius 1 is 1.33 bits per heavy atom. The van der Waals surface area contributed by atoms with Gasteiger partial charge in [0, 0.05) is 5.56 Å². The molecule has 3 nitrogen and oxygen atoms in total. The van der Waals surface area contributed by atoms with Crippen molar-refractivity contribution in [3.8, 4) is 0 Å². The second-order valence-corrected chi connectivity index (χ2v) is 3.84. The lowest BCUT2D eigenvalue weighted by molar-refractivity contribution is 0.501. The highest BCUT2D eigenvalue weighted by atomic mass is 16.5. The van der Waals surface area contributed by atoms with Gasteiger partial charge in [0.15, 0.2) is 0 Å². The van der Waals surface area contributed by atoms with Gasteiger partial charge in [-0.1, -0.05) is 25.1 Å². The monoisotopic (exact) mass is 202 g/mol. The Morgan fingerprint density at radius 3 is 2.53 bits per heavy atom. The molecule has 15 heavy (non-hydrogen) atoms. The molecule has 0 radical (unpaired) electrons. The summed E-state index contributed by atoms with van der Waals surface area (Å²) >= 11 is 0. The summed E-state index contributed by atoms with van der Waals surface area (Å²) < 4.78 is 5.39. The number of hydrogen-bond donors (Lipinski definition) is 1. The van der Waals surface area contributed by atoms with E-state index in [4.69, 9.17) is 10.1 Å². The van der Waals surface area contributed by atoms with Gasteiger partial charge in [0.2, 0.25) is 11.8 Å². The lowest BCUT2D eigenvalue weighted by Gasteiger charge is -2.14. The number of nitrogens with zero attached hydrogens (tertiary/aromatic N) is 1. The largest absolute Gasteiger partial charge is 0.422 e. The van der Waals surface area contributed by atoms with E-state index in [2.05, 4.69) is 4.99 Å². The normalized spacial score (nSPS) is 24.9. The Kier molecular flexibility index (Phi) is 2.31. The zero-order valence-corrected chi connectivity index (χ0v) is 8.95. The molecular formula is C12H14N2O. The Bertz CT molecular complexity index is 411. The number of nitrogens with one attached hydrogen (secondary N) is 1. The molecule has 1 heterocycles. The number of ether oxygens (including phenoxy) is 1. The van der Waals surface area contributed by atoms with E-state index >= 15 is 0 Å². The molecule has 0 aromatic heterocycles.